The molecule has 0 saturated carbocycles. The Kier molecular flexibility index (Phi) is 8.41. The average molecular weight is 320 g/mol. The van der Waals surface area contributed by atoms with Crippen LogP contribution < -0.4 is 5.32 Å². The molecule has 7 heteroatoms. The third-order valence-electron chi connectivity index (χ3n) is 3.22. The molecule has 5 nitrogen and oxygen atoms in total. The zero-order chi connectivity index (χ0) is 13.0. The summed E-state index contributed by atoms with van der Waals surface area (Å²) in [5, 5.41) is 14.3. The summed E-state index contributed by atoms with van der Waals surface area (Å²) in [7, 11) is 0. The van der Waals surface area contributed by atoms with Gasteiger partial charge in [-0.25, -0.2) is 0 Å². The minimum atomic E-state index is -0.325. The lowest BCUT2D eigenvalue weighted by Crippen LogP contribution is -2.44. The minimum absolute atomic E-state index is 0. The maximum atomic E-state index is 11.1. The Bertz CT molecular complexity index is 451. The van der Waals surface area contributed by atoms with Gasteiger partial charge in [0.05, 0.1) is 16.5 Å². The van der Waals surface area contributed by atoms with Crippen molar-refractivity contribution in [3.8, 4) is 0 Å². The topological polar surface area (TPSA) is 58.4 Å². The number of hydrogen-bond acceptors (Lipinski definition) is 4. The lowest BCUT2D eigenvalue weighted by atomic mass is 10.0. The number of para-hydroxylation sites is 1. The van der Waals surface area contributed by atoms with Crippen molar-refractivity contribution in [1.82, 2.24) is 10.2 Å². The van der Waals surface area contributed by atoms with Gasteiger partial charge in [-0.1, -0.05) is 24.3 Å². The molecule has 1 heterocycles. The molecule has 1 aliphatic rings. The van der Waals surface area contributed by atoms with Gasteiger partial charge < -0.3 is 5.32 Å². The van der Waals surface area contributed by atoms with E-state index in [1.165, 1.54) is 0 Å². The zero-order valence-corrected chi connectivity index (χ0v) is 12.7. The van der Waals surface area contributed by atoms with Crippen molar-refractivity contribution in [3.63, 3.8) is 0 Å². The normalized spacial score (nSPS) is 16.4. The number of halogens is 2. The molecule has 0 bridgehead atoms. The number of nitrogens with one attached hydrogen (secondary N) is 1. The molecule has 1 N–H and O–H groups in total. The SMILES string of the molecule is C=C[C@@H](c1ccccc1[N+](=O)[O-])N1CCNCC1.Cl.Cl. The van der Waals surface area contributed by atoms with E-state index >= 15 is 0 Å². The van der Waals surface area contributed by atoms with E-state index in [9.17, 15) is 10.1 Å². The van der Waals surface area contributed by atoms with Crippen LogP contribution in [0.3, 0.4) is 0 Å². The molecule has 20 heavy (non-hydrogen) atoms. The molecule has 1 aromatic rings. The molecule has 1 aliphatic heterocycles. The van der Waals surface area contributed by atoms with Crippen LogP contribution in [0.15, 0.2) is 36.9 Å². The lowest BCUT2D eigenvalue weighted by Gasteiger charge is -2.33. The smallest absolute Gasteiger partial charge is 0.274 e. The molecule has 0 radical (unpaired) electrons. The zero-order valence-electron chi connectivity index (χ0n) is 11.0. The number of hydrogen-bond donors (Lipinski definition) is 1. The molecule has 112 valence electrons. The number of rotatable bonds is 4. The second-order valence-electron chi connectivity index (χ2n) is 4.28. The summed E-state index contributed by atoms with van der Waals surface area (Å²) in [5.41, 5.74) is 0.889. The second kappa shape index (κ2) is 8.92. The first-order valence-corrected chi connectivity index (χ1v) is 6.04. The molecule has 0 aromatic heterocycles. The Morgan fingerprint density at radius 3 is 2.45 bits per heavy atom. The van der Waals surface area contributed by atoms with Crippen molar-refractivity contribution >= 4 is 30.5 Å². The van der Waals surface area contributed by atoms with Crippen LogP contribution in [-0.2, 0) is 0 Å². The minimum Gasteiger partial charge on any atom is -0.314 e. The fourth-order valence-corrected chi connectivity index (χ4v) is 2.34. The van der Waals surface area contributed by atoms with E-state index in [4.69, 9.17) is 0 Å². The summed E-state index contributed by atoms with van der Waals surface area (Å²) < 4.78 is 0. The van der Waals surface area contributed by atoms with Crippen molar-refractivity contribution < 1.29 is 4.92 Å². The van der Waals surface area contributed by atoms with Crippen LogP contribution in [0.4, 0.5) is 5.69 Å². The van der Waals surface area contributed by atoms with E-state index in [1.54, 1.807) is 18.2 Å². The van der Waals surface area contributed by atoms with E-state index in [-0.39, 0.29) is 41.5 Å². The molecule has 2 rings (SSSR count). The van der Waals surface area contributed by atoms with Gasteiger partial charge in [0, 0.05) is 32.2 Å². The van der Waals surface area contributed by atoms with Gasteiger partial charge in [-0.15, -0.1) is 31.4 Å². The summed E-state index contributed by atoms with van der Waals surface area (Å²) >= 11 is 0. The Morgan fingerprint density at radius 1 is 1.30 bits per heavy atom. The molecular formula is C13H19Cl2N3O2. The van der Waals surface area contributed by atoms with E-state index in [1.807, 2.05) is 12.1 Å². The van der Waals surface area contributed by atoms with Crippen LogP contribution in [0.1, 0.15) is 11.6 Å². The van der Waals surface area contributed by atoms with Gasteiger partial charge in [0.1, 0.15) is 0 Å². The summed E-state index contributed by atoms with van der Waals surface area (Å²) in [6, 6.07) is 6.80. The molecule has 1 atom stereocenters. The van der Waals surface area contributed by atoms with Crippen molar-refractivity contribution in [2.45, 2.75) is 6.04 Å². The van der Waals surface area contributed by atoms with E-state index in [0.29, 0.717) is 0 Å². The highest BCUT2D eigenvalue weighted by Gasteiger charge is 2.25. The predicted octanol–water partition coefficient (Wildman–Crippen LogP) is 2.57. The van der Waals surface area contributed by atoms with Crippen LogP contribution in [0, 0.1) is 10.1 Å². The van der Waals surface area contributed by atoms with Crippen LogP contribution >= 0.6 is 24.8 Å². The highest BCUT2D eigenvalue weighted by molar-refractivity contribution is 5.85. The standard InChI is InChI=1S/C13H17N3O2.2ClH/c1-2-12(15-9-7-14-8-10-15)11-5-3-4-6-13(11)16(17)18;;/h2-6,12,14H,1,7-10H2;2*1H/t12-;;/m0../s1. The van der Waals surface area contributed by atoms with Crippen molar-refractivity contribution in [2.75, 3.05) is 26.2 Å². The summed E-state index contributed by atoms with van der Waals surface area (Å²) in [5.74, 6) is 0. The molecule has 0 spiro atoms. The van der Waals surface area contributed by atoms with Crippen molar-refractivity contribution in [3.05, 3.63) is 52.6 Å². The van der Waals surface area contributed by atoms with Gasteiger partial charge in [-0.2, -0.15) is 0 Å². The lowest BCUT2D eigenvalue weighted by molar-refractivity contribution is -0.385. The molecular weight excluding hydrogens is 301 g/mol. The first-order valence-electron chi connectivity index (χ1n) is 6.04. The van der Waals surface area contributed by atoms with Crippen molar-refractivity contribution in [1.29, 1.82) is 0 Å². The van der Waals surface area contributed by atoms with Gasteiger partial charge >= 0.3 is 0 Å². The Balaban J connectivity index is 0.00000180. The van der Waals surface area contributed by atoms with Crippen LogP contribution in [0.5, 0.6) is 0 Å². The van der Waals surface area contributed by atoms with Gasteiger partial charge in [-0.3, -0.25) is 15.0 Å². The quantitative estimate of drug-likeness (QED) is 0.526. The Labute approximate surface area is 131 Å². The fraction of sp³-hybridized carbons (Fsp3) is 0.385. The number of nitro benzene ring substituents is 1. The maximum Gasteiger partial charge on any atom is 0.274 e. The molecule has 1 fully saturated rings. The number of benzene rings is 1. The predicted molar refractivity (Wildman–Crippen MR) is 85.0 cm³/mol. The first-order chi connectivity index (χ1) is 8.74. The van der Waals surface area contributed by atoms with Crippen LogP contribution in [0.2, 0.25) is 0 Å². The summed E-state index contributed by atoms with van der Waals surface area (Å²) in [4.78, 5) is 13.0. The molecule has 0 amide bonds. The monoisotopic (exact) mass is 319 g/mol. The fourth-order valence-electron chi connectivity index (χ4n) is 2.34. The van der Waals surface area contributed by atoms with Gasteiger partial charge in [0.2, 0.25) is 0 Å². The third kappa shape index (κ3) is 4.18. The van der Waals surface area contributed by atoms with Crippen molar-refractivity contribution in [2.24, 2.45) is 0 Å². The summed E-state index contributed by atoms with van der Waals surface area (Å²) in [6.07, 6.45) is 1.79. The number of nitrogens with zero attached hydrogens (tertiary/aromatic N) is 2. The number of piperazine rings is 1. The molecule has 1 aromatic carbocycles. The maximum absolute atomic E-state index is 11.1. The van der Waals surface area contributed by atoms with E-state index < -0.39 is 0 Å². The van der Waals surface area contributed by atoms with E-state index in [2.05, 4.69) is 16.8 Å². The van der Waals surface area contributed by atoms with Crippen LogP contribution in [0.25, 0.3) is 0 Å². The largest absolute Gasteiger partial charge is 0.314 e. The highest BCUT2D eigenvalue weighted by atomic mass is 35.5. The third-order valence-corrected chi connectivity index (χ3v) is 3.22. The Hall–Kier alpha value is -1.14. The van der Waals surface area contributed by atoms with Gasteiger partial charge in [0.15, 0.2) is 0 Å². The van der Waals surface area contributed by atoms with Gasteiger partial charge in [0.25, 0.3) is 5.69 Å². The highest BCUT2D eigenvalue weighted by Crippen LogP contribution is 2.29. The molecule has 0 unspecified atom stereocenters. The second-order valence-corrected chi connectivity index (χ2v) is 4.28. The average Bonchev–Trinajstić information content (AvgIpc) is 2.41. The number of nitro groups is 1. The van der Waals surface area contributed by atoms with Crippen LogP contribution in [-0.4, -0.2) is 36.0 Å². The Morgan fingerprint density at radius 2 is 1.90 bits per heavy atom. The summed E-state index contributed by atoms with van der Waals surface area (Å²) in [6.45, 7) is 7.40. The molecule has 0 aliphatic carbocycles. The van der Waals surface area contributed by atoms with Gasteiger partial charge in [-0.05, 0) is 0 Å². The molecule has 1 saturated heterocycles. The first kappa shape index (κ1) is 18.9. The van der Waals surface area contributed by atoms with E-state index in [0.717, 1.165) is 31.7 Å².